The summed E-state index contributed by atoms with van der Waals surface area (Å²) in [7, 11) is 1.82. The second-order valence-electron chi connectivity index (χ2n) is 5.52. The van der Waals surface area contributed by atoms with Gasteiger partial charge in [-0.05, 0) is 42.7 Å². The van der Waals surface area contributed by atoms with Crippen molar-refractivity contribution in [2.75, 3.05) is 11.9 Å². The Morgan fingerprint density at radius 2 is 1.85 bits per heavy atom. The molecule has 0 aromatic heterocycles. The Balaban J connectivity index is 2.09. The van der Waals surface area contributed by atoms with E-state index in [9.17, 15) is 4.79 Å². The van der Waals surface area contributed by atoms with E-state index in [1.165, 1.54) is 0 Å². The van der Waals surface area contributed by atoms with Crippen LogP contribution in [0.25, 0.3) is 0 Å². The Bertz CT molecular complexity index is 668. The SMILES string of the molecule is CN1C(=O)C(C)(Cc2ccccc2)c2cc(Cl)ccc21. The first-order valence-corrected chi connectivity index (χ1v) is 7.02. The molecule has 1 amide bonds. The minimum absolute atomic E-state index is 0.124. The third kappa shape index (κ3) is 1.92. The summed E-state index contributed by atoms with van der Waals surface area (Å²) in [5.74, 6) is 0.124. The van der Waals surface area contributed by atoms with Crippen molar-refractivity contribution in [3.05, 3.63) is 64.7 Å². The number of amides is 1. The van der Waals surface area contributed by atoms with Gasteiger partial charge in [0, 0.05) is 17.8 Å². The van der Waals surface area contributed by atoms with Gasteiger partial charge in [-0.15, -0.1) is 0 Å². The van der Waals surface area contributed by atoms with Gasteiger partial charge in [0.1, 0.15) is 0 Å². The Morgan fingerprint density at radius 1 is 1.15 bits per heavy atom. The molecule has 3 heteroatoms. The number of rotatable bonds is 2. The zero-order chi connectivity index (χ0) is 14.3. The highest BCUT2D eigenvalue weighted by molar-refractivity contribution is 6.31. The summed E-state index contributed by atoms with van der Waals surface area (Å²) in [6, 6.07) is 15.8. The molecule has 2 aromatic rings. The molecule has 3 rings (SSSR count). The van der Waals surface area contributed by atoms with Gasteiger partial charge in [0.25, 0.3) is 0 Å². The maximum absolute atomic E-state index is 12.7. The lowest BCUT2D eigenvalue weighted by atomic mass is 9.78. The number of halogens is 1. The summed E-state index contributed by atoms with van der Waals surface area (Å²) in [6.45, 7) is 2.00. The molecule has 0 N–H and O–H groups in total. The van der Waals surface area contributed by atoms with Gasteiger partial charge in [0.15, 0.2) is 0 Å². The topological polar surface area (TPSA) is 20.3 Å². The van der Waals surface area contributed by atoms with Crippen LogP contribution in [0.15, 0.2) is 48.5 Å². The van der Waals surface area contributed by atoms with Crippen molar-refractivity contribution in [1.82, 2.24) is 0 Å². The summed E-state index contributed by atoms with van der Waals surface area (Å²) in [4.78, 5) is 14.4. The van der Waals surface area contributed by atoms with E-state index in [0.717, 1.165) is 16.8 Å². The first-order chi connectivity index (χ1) is 9.52. The van der Waals surface area contributed by atoms with Gasteiger partial charge >= 0.3 is 0 Å². The van der Waals surface area contributed by atoms with E-state index in [1.807, 2.05) is 50.4 Å². The van der Waals surface area contributed by atoms with Crippen LogP contribution < -0.4 is 4.90 Å². The lowest BCUT2D eigenvalue weighted by Gasteiger charge is -2.23. The average molecular weight is 286 g/mol. The zero-order valence-electron chi connectivity index (χ0n) is 11.6. The van der Waals surface area contributed by atoms with Crippen LogP contribution in [0.2, 0.25) is 5.02 Å². The molecule has 0 radical (unpaired) electrons. The largest absolute Gasteiger partial charge is 0.314 e. The molecule has 1 aliphatic rings. The Labute approximate surface area is 124 Å². The Hall–Kier alpha value is -1.80. The van der Waals surface area contributed by atoms with Crippen LogP contribution >= 0.6 is 11.6 Å². The number of nitrogens with zero attached hydrogens (tertiary/aromatic N) is 1. The van der Waals surface area contributed by atoms with Gasteiger partial charge in [-0.1, -0.05) is 41.9 Å². The molecule has 1 atom stereocenters. The van der Waals surface area contributed by atoms with Crippen molar-refractivity contribution in [2.24, 2.45) is 0 Å². The standard InChI is InChI=1S/C17H16ClNO/c1-17(11-12-6-4-3-5-7-12)14-10-13(18)8-9-15(14)19(2)16(17)20/h3-10H,11H2,1-2H3. The predicted octanol–water partition coefficient (Wildman–Crippen LogP) is 3.82. The van der Waals surface area contributed by atoms with E-state index in [2.05, 4.69) is 12.1 Å². The summed E-state index contributed by atoms with van der Waals surface area (Å²) in [5.41, 5.74) is 2.58. The van der Waals surface area contributed by atoms with E-state index in [1.54, 1.807) is 4.90 Å². The molecular formula is C17H16ClNO. The van der Waals surface area contributed by atoms with E-state index >= 15 is 0 Å². The molecule has 0 bridgehead atoms. The first-order valence-electron chi connectivity index (χ1n) is 6.64. The summed E-state index contributed by atoms with van der Waals surface area (Å²) >= 11 is 6.12. The Kier molecular flexibility index (Phi) is 3.06. The number of fused-ring (bicyclic) bond motifs is 1. The van der Waals surface area contributed by atoms with Gasteiger partial charge in [0.05, 0.1) is 5.41 Å². The fourth-order valence-corrected chi connectivity index (χ4v) is 3.18. The normalized spacial score (nSPS) is 21.1. The molecule has 0 saturated heterocycles. The van der Waals surface area contributed by atoms with Crippen LogP contribution in [-0.2, 0) is 16.6 Å². The number of likely N-dealkylation sites (N-methyl/N-ethyl adjacent to an activating group) is 1. The minimum Gasteiger partial charge on any atom is -0.314 e. The zero-order valence-corrected chi connectivity index (χ0v) is 12.3. The lowest BCUT2D eigenvalue weighted by molar-refractivity contribution is -0.122. The van der Waals surface area contributed by atoms with Crippen LogP contribution in [0, 0.1) is 0 Å². The molecule has 0 saturated carbocycles. The quantitative estimate of drug-likeness (QED) is 0.821. The molecule has 102 valence electrons. The molecule has 0 aliphatic carbocycles. The molecule has 0 fully saturated rings. The van der Waals surface area contributed by atoms with Crippen molar-refractivity contribution in [3.63, 3.8) is 0 Å². The minimum atomic E-state index is -0.545. The first kappa shape index (κ1) is 13.2. The van der Waals surface area contributed by atoms with Gasteiger partial charge in [-0.2, -0.15) is 0 Å². The molecule has 1 aliphatic heterocycles. The highest BCUT2D eigenvalue weighted by atomic mass is 35.5. The van der Waals surface area contributed by atoms with Crippen molar-refractivity contribution in [3.8, 4) is 0 Å². The maximum atomic E-state index is 12.7. The second kappa shape index (κ2) is 4.64. The molecule has 20 heavy (non-hydrogen) atoms. The predicted molar refractivity (Wildman–Crippen MR) is 82.4 cm³/mol. The van der Waals surface area contributed by atoms with Crippen LogP contribution in [0.5, 0.6) is 0 Å². The highest BCUT2D eigenvalue weighted by Gasteiger charge is 2.45. The smallest absolute Gasteiger partial charge is 0.237 e. The van der Waals surface area contributed by atoms with Crippen molar-refractivity contribution >= 4 is 23.2 Å². The molecule has 2 nitrogen and oxygen atoms in total. The monoisotopic (exact) mass is 285 g/mol. The van der Waals surface area contributed by atoms with Gasteiger partial charge in [-0.25, -0.2) is 0 Å². The Morgan fingerprint density at radius 3 is 2.55 bits per heavy atom. The van der Waals surface area contributed by atoms with Crippen LogP contribution in [0.3, 0.4) is 0 Å². The number of hydrogen-bond acceptors (Lipinski definition) is 1. The van der Waals surface area contributed by atoms with Crippen LogP contribution in [-0.4, -0.2) is 13.0 Å². The van der Waals surface area contributed by atoms with Crippen molar-refractivity contribution in [2.45, 2.75) is 18.8 Å². The van der Waals surface area contributed by atoms with Crippen LogP contribution in [0.1, 0.15) is 18.1 Å². The van der Waals surface area contributed by atoms with E-state index in [4.69, 9.17) is 11.6 Å². The fourth-order valence-electron chi connectivity index (χ4n) is 3.01. The maximum Gasteiger partial charge on any atom is 0.237 e. The number of benzene rings is 2. The number of anilines is 1. The molecule has 1 heterocycles. The second-order valence-corrected chi connectivity index (χ2v) is 5.96. The van der Waals surface area contributed by atoms with Crippen molar-refractivity contribution in [1.29, 1.82) is 0 Å². The lowest BCUT2D eigenvalue weighted by Crippen LogP contribution is -2.37. The summed E-state index contributed by atoms with van der Waals surface area (Å²) < 4.78 is 0. The van der Waals surface area contributed by atoms with E-state index in [-0.39, 0.29) is 5.91 Å². The number of hydrogen-bond donors (Lipinski definition) is 0. The summed E-state index contributed by atoms with van der Waals surface area (Å²) in [5, 5.41) is 0.672. The van der Waals surface area contributed by atoms with Gasteiger partial charge in [0.2, 0.25) is 5.91 Å². The average Bonchev–Trinajstić information content (AvgIpc) is 2.62. The summed E-state index contributed by atoms with van der Waals surface area (Å²) in [6.07, 6.45) is 0.685. The molecule has 0 spiro atoms. The molecule has 2 aromatic carbocycles. The van der Waals surface area contributed by atoms with Crippen LogP contribution in [0.4, 0.5) is 5.69 Å². The molecule has 1 unspecified atom stereocenters. The third-order valence-corrected chi connectivity index (χ3v) is 4.33. The van der Waals surface area contributed by atoms with Crippen molar-refractivity contribution < 1.29 is 4.79 Å². The van der Waals surface area contributed by atoms with Gasteiger partial charge < -0.3 is 4.90 Å². The molecular weight excluding hydrogens is 270 g/mol. The highest BCUT2D eigenvalue weighted by Crippen LogP contribution is 2.44. The van der Waals surface area contributed by atoms with E-state index in [0.29, 0.717) is 11.4 Å². The third-order valence-electron chi connectivity index (χ3n) is 4.09. The number of carbonyl (C=O) groups excluding carboxylic acids is 1. The number of carbonyl (C=O) groups is 1. The van der Waals surface area contributed by atoms with E-state index < -0.39 is 5.41 Å². The fraction of sp³-hybridized carbons (Fsp3) is 0.235. The van der Waals surface area contributed by atoms with Gasteiger partial charge in [-0.3, -0.25) is 4.79 Å².